The second kappa shape index (κ2) is 3.50. The Kier molecular flexibility index (Phi) is 3.30. The Bertz CT molecular complexity index is 150. The van der Waals surface area contributed by atoms with Crippen LogP contribution in [0.25, 0.3) is 0 Å². The highest BCUT2D eigenvalue weighted by atomic mass is 35.5. The number of carbonyl (C=O) groups excluding carboxylic acids is 1. The third-order valence-electron chi connectivity index (χ3n) is 0.499. The van der Waals surface area contributed by atoms with E-state index in [-0.39, 0.29) is 0 Å². The monoisotopic (exact) mass is 158 g/mol. The van der Waals surface area contributed by atoms with E-state index in [4.69, 9.17) is 0 Å². The van der Waals surface area contributed by atoms with E-state index in [2.05, 4.69) is 11.6 Å². The molecule has 0 aliphatic carbocycles. The molecule has 0 unspecified atom stereocenters. The largest absolute Gasteiger partial charge is 0.302 e. The van der Waals surface area contributed by atoms with Gasteiger partial charge in [0.1, 0.15) is 0 Å². The number of hydrogen-bond acceptors (Lipinski definition) is 1. The molecule has 0 aliphatic heterocycles. The summed E-state index contributed by atoms with van der Waals surface area (Å²) >= 11 is 4.57. The lowest BCUT2D eigenvalue weighted by Crippen LogP contribution is -1.86. The van der Waals surface area contributed by atoms with Crippen molar-refractivity contribution in [3.63, 3.8) is 0 Å². The van der Waals surface area contributed by atoms with Crippen LogP contribution in [0, 0.1) is 0 Å². The zero-order valence-electron chi connectivity index (χ0n) is 4.13. The van der Waals surface area contributed by atoms with Gasteiger partial charge in [0.25, 0.3) is 0 Å². The first-order valence-electron chi connectivity index (χ1n) is 1.92. The minimum absolute atomic E-state index is 1.04. The molecular weight excluding hydrogens is 156 g/mol. The summed E-state index contributed by atoms with van der Waals surface area (Å²) in [7, 11) is 0. The van der Waals surface area contributed by atoms with E-state index < -0.39 is 23.6 Å². The lowest BCUT2D eigenvalue weighted by Gasteiger charge is -1.85. The van der Waals surface area contributed by atoms with Crippen LogP contribution in [-0.4, -0.2) is 5.24 Å². The normalized spacial score (nSPS) is 8.89. The Morgan fingerprint density at radius 2 is 1.78 bits per heavy atom. The fourth-order valence-electron chi connectivity index (χ4n) is 0.189. The van der Waals surface area contributed by atoms with Gasteiger partial charge in [-0.3, -0.25) is 4.79 Å². The van der Waals surface area contributed by atoms with Crippen LogP contribution >= 0.6 is 11.6 Å². The highest BCUT2D eigenvalue weighted by Crippen LogP contribution is 2.13. The fourth-order valence-corrected chi connectivity index (χ4v) is 0.306. The highest BCUT2D eigenvalue weighted by Gasteiger charge is 2.07. The molecule has 0 saturated carbocycles. The topological polar surface area (TPSA) is 17.1 Å². The molecule has 0 bridgehead atoms. The standard InChI is InChI=1S/C4H2ClF3O/c5-3(9)1-2(6)4(7)8/h1H2. The van der Waals surface area contributed by atoms with Crippen LogP contribution in [0.15, 0.2) is 11.9 Å². The number of halogens is 4. The molecular formula is C4H2ClF3O. The molecule has 0 aliphatic rings. The van der Waals surface area contributed by atoms with Crippen LogP contribution in [0.3, 0.4) is 0 Å². The van der Waals surface area contributed by atoms with Crippen molar-refractivity contribution in [1.29, 1.82) is 0 Å². The Balaban J connectivity index is 3.92. The van der Waals surface area contributed by atoms with Gasteiger partial charge in [-0.1, -0.05) is 0 Å². The average Bonchev–Trinajstić information content (AvgIpc) is 1.63. The summed E-state index contributed by atoms with van der Waals surface area (Å²) in [6.07, 6.45) is -3.53. The van der Waals surface area contributed by atoms with Crippen LogP contribution in [0.5, 0.6) is 0 Å². The third kappa shape index (κ3) is 4.02. The molecule has 0 aromatic carbocycles. The third-order valence-corrected chi connectivity index (χ3v) is 0.633. The van der Waals surface area contributed by atoms with Crippen molar-refractivity contribution in [3.8, 4) is 0 Å². The van der Waals surface area contributed by atoms with Crippen molar-refractivity contribution in [3.05, 3.63) is 11.9 Å². The Hall–Kier alpha value is -0.510. The summed E-state index contributed by atoms with van der Waals surface area (Å²) in [5.74, 6) is -1.77. The minimum Gasteiger partial charge on any atom is -0.281 e. The molecule has 0 radical (unpaired) electrons. The molecule has 0 N–H and O–H groups in total. The molecule has 0 aromatic heterocycles. The molecule has 9 heavy (non-hydrogen) atoms. The smallest absolute Gasteiger partial charge is 0.281 e. The molecule has 0 rings (SSSR count). The molecule has 0 atom stereocenters. The first kappa shape index (κ1) is 8.49. The molecule has 0 aromatic rings. The van der Waals surface area contributed by atoms with Gasteiger partial charge >= 0.3 is 6.08 Å². The maximum Gasteiger partial charge on any atom is 0.302 e. The van der Waals surface area contributed by atoms with Gasteiger partial charge in [-0.15, -0.1) is 0 Å². The van der Waals surface area contributed by atoms with Gasteiger partial charge < -0.3 is 0 Å². The van der Waals surface area contributed by atoms with E-state index >= 15 is 0 Å². The predicted molar refractivity (Wildman–Crippen MR) is 25.8 cm³/mol. The lowest BCUT2D eigenvalue weighted by molar-refractivity contribution is -0.111. The number of rotatable bonds is 2. The fraction of sp³-hybridized carbons (Fsp3) is 0.250. The van der Waals surface area contributed by atoms with Crippen LogP contribution < -0.4 is 0 Å². The van der Waals surface area contributed by atoms with Crippen molar-refractivity contribution in [2.24, 2.45) is 0 Å². The van der Waals surface area contributed by atoms with Crippen molar-refractivity contribution < 1.29 is 18.0 Å². The van der Waals surface area contributed by atoms with Crippen molar-refractivity contribution in [1.82, 2.24) is 0 Å². The van der Waals surface area contributed by atoms with Gasteiger partial charge in [0, 0.05) is 0 Å². The van der Waals surface area contributed by atoms with E-state index in [1.165, 1.54) is 0 Å². The second-order valence-electron chi connectivity index (χ2n) is 1.20. The Morgan fingerprint density at radius 3 is 1.89 bits per heavy atom. The van der Waals surface area contributed by atoms with E-state index in [0.717, 1.165) is 0 Å². The molecule has 0 saturated heterocycles. The molecule has 52 valence electrons. The quantitative estimate of drug-likeness (QED) is 0.563. The van der Waals surface area contributed by atoms with Gasteiger partial charge in [0.2, 0.25) is 5.24 Å². The van der Waals surface area contributed by atoms with E-state index in [9.17, 15) is 18.0 Å². The molecule has 1 nitrogen and oxygen atoms in total. The number of hydrogen-bond donors (Lipinski definition) is 0. The van der Waals surface area contributed by atoms with E-state index in [1.54, 1.807) is 0 Å². The summed E-state index contributed by atoms with van der Waals surface area (Å²) < 4.78 is 33.8. The maximum absolute atomic E-state index is 11.6. The van der Waals surface area contributed by atoms with Crippen LogP contribution in [0.4, 0.5) is 13.2 Å². The van der Waals surface area contributed by atoms with E-state index in [1.807, 2.05) is 0 Å². The second-order valence-corrected chi connectivity index (χ2v) is 1.62. The Morgan fingerprint density at radius 1 is 1.33 bits per heavy atom. The first-order chi connectivity index (χ1) is 4.04. The van der Waals surface area contributed by atoms with Gasteiger partial charge in [0.15, 0.2) is 5.83 Å². The van der Waals surface area contributed by atoms with Crippen molar-refractivity contribution in [2.45, 2.75) is 6.42 Å². The van der Waals surface area contributed by atoms with Gasteiger partial charge in [-0.2, -0.15) is 8.78 Å². The van der Waals surface area contributed by atoms with Gasteiger partial charge in [-0.05, 0) is 11.6 Å². The number of allylic oxidation sites excluding steroid dienone is 1. The number of carbonyl (C=O) groups is 1. The summed E-state index contributed by atoms with van der Waals surface area (Å²) in [6.45, 7) is 0. The Labute approximate surface area is 54.1 Å². The van der Waals surface area contributed by atoms with Crippen LogP contribution in [0.2, 0.25) is 0 Å². The lowest BCUT2D eigenvalue weighted by atomic mass is 10.4. The zero-order valence-corrected chi connectivity index (χ0v) is 4.88. The van der Waals surface area contributed by atoms with E-state index in [0.29, 0.717) is 0 Å². The minimum atomic E-state index is -2.50. The summed E-state index contributed by atoms with van der Waals surface area (Å²) in [4.78, 5) is 9.72. The van der Waals surface area contributed by atoms with Crippen molar-refractivity contribution >= 4 is 16.8 Å². The summed E-state index contributed by atoms with van der Waals surface area (Å²) in [6, 6.07) is 0. The van der Waals surface area contributed by atoms with Crippen molar-refractivity contribution in [2.75, 3.05) is 0 Å². The molecule has 0 heterocycles. The predicted octanol–water partition coefficient (Wildman–Crippen LogP) is 2.22. The molecule has 5 heteroatoms. The van der Waals surface area contributed by atoms with Gasteiger partial charge in [-0.25, -0.2) is 4.39 Å². The summed E-state index contributed by atoms with van der Waals surface area (Å²) in [5.41, 5.74) is 0. The zero-order chi connectivity index (χ0) is 7.44. The van der Waals surface area contributed by atoms with Crippen LogP contribution in [0.1, 0.15) is 6.42 Å². The SMILES string of the molecule is O=C(Cl)CC(F)=C(F)F. The van der Waals surface area contributed by atoms with Gasteiger partial charge in [0.05, 0.1) is 6.42 Å². The molecule has 0 fully saturated rings. The molecule has 0 amide bonds. The average molecular weight is 159 g/mol. The highest BCUT2D eigenvalue weighted by molar-refractivity contribution is 6.63. The maximum atomic E-state index is 11.6. The van der Waals surface area contributed by atoms with Crippen LogP contribution in [-0.2, 0) is 4.79 Å². The summed E-state index contributed by atoms with van der Waals surface area (Å²) in [5, 5.41) is -1.14. The molecule has 0 spiro atoms. The first-order valence-corrected chi connectivity index (χ1v) is 2.30.